The zero-order chi connectivity index (χ0) is 19.3. The number of anilines is 1. The topological polar surface area (TPSA) is 28.6 Å². The molecular formula is C23H29N3OS. The van der Waals surface area contributed by atoms with Crippen LogP contribution in [0.1, 0.15) is 25.3 Å². The molecule has 3 aromatic rings. The number of nitrogens with zero attached hydrogens (tertiary/aromatic N) is 3. The molecule has 0 radical (unpaired) electrons. The van der Waals surface area contributed by atoms with Crippen LogP contribution in [-0.2, 0) is 11.3 Å². The van der Waals surface area contributed by atoms with E-state index >= 15 is 0 Å². The van der Waals surface area contributed by atoms with Crippen molar-refractivity contribution in [2.75, 3.05) is 31.6 Å². The highest BCUT2D eigenvalue weighted by Crippen LogP contribution is 2.30. The second-order valence-corrected chi connectivity index (χ2v) is 8.72. The number of hydrogen-bond acceptors (Lipinski definition) is 5. The van der Waals surface area contributed by atoms with Crippen LogP contribution in [0.5, 0.6) is 0 Å². The van der Waals surface area contributed by atoms with Crippen molar-refractivity contribution in [2.24, 2.45) is 0 Å². The van der Waals surface area contributed by atoms with Gasteiger partial charge >= 0.3 is 0 Å². The van der Waals surface area contributed by atoms with Gasteiger partial charge in [0.05, 0.1) is 22.9 Å². The summed E-state index contributed by atoms with van der Waals surface area (Å²) in [5.41, 5.74) is 2.35. The summed E-state index contributed by atoms with van der Waals surface area (Å²) in [6, 6.07) is 19.4. The first-order valence-corrected chi connectivity index (χ1v) is 11.0. The van der Waals surface area contributed by atoms with Gasteiger partial charge in [0.1, 0.15) is 0 Å². The number of benzene rings is 2. The van der Waals surface area contributed by atoms with Crippen LogP contribution in [0.25, 0.3) is 10.2 Å². The first kappa shape index (κ1) is 19.4. The maximum atomic E-state index is 6.05. The molecule has 1 aliphatic rings. The van der Waals surface area contributed by atoms with E-state index in [1.807, 2.05) is 6.07 Å². The molecule has 1 atom stereocenters. The average molecular weight is 396 g/mol. The Kier molecular flexibility index (Phi) is 6.25. The van der Waals surface area contributed by atoms with Crippen molar-refractivity contribution in [3.05, 3.63) is 60.2 Å². The summed E-state index contributed by atoms with van der Waals surface area (Å²) >= 11 is 1.80. The zero-order valence-electron chi connectivity index (χ0n) is 16.8. The molecule has 4 rings (SSSR count). The van der Waals surface area contributed by atoms with Crippen LogP contribution in [0.15, 0.2) is 54.6 Å². The summed E-state index contributed by atoms with van der Waals surface area (Å²) in [7, 11) is 2.20. The minimum Gasteiger partial charge on any atom is -0.373 e. The molecule has 148 valence electrons. The number of likely N-dealkylation sites (tertiary alicyclic amines) is 1. The Morgan fingerprint density at radius 1 is 1.11 bits per heavy atom. The Bertz CT molecular complexity index is 841. The van der Waals surface area contributed by atoms with E-state index in [-0.39, 0.29) is 6.10 Å². The van der Waals surface area contributed by atoms with Crippen LogP contribution in [0, 0.1) is 0 Å². The number of para-hydroxylation sites is 1. The highest BCUT2D eigenvalue weighted by molar-refractivity contribution is 7.22. The SMILES string of the molecule is CC(CN1CCC(N(C)c2nc3ccccc3s2)CC1)OCc1ccccc1. The highest BCUT2D eigenvalue weighted by Gasteiger charge is 2.25. The molecule has 5 heteroatoms. The van der Waals surface area contributed by atoms with E-state index in [0.29, 0.717) is 12.6 Å². The van der Waals surface area contributed by atoms with Crippen molar-refractivity contribution in [3.8, 4) is 0 Å². The highest BCUT2D eigenvalue weighted by atomic mass is 32.1. The lowest BCUT2D eigenvalue weighted by molar-refractivity contribution is 0.0216. The van der Waals surface area contributed by atoms with Gasteiger partial charge in [-0.05, 0) is 37.5 Å². The standard InChI is InChI=1S/C23H29N3OS/c1-18(27-17-19-8-4-3-5-9-19)16-26-14-12-20(13-15-26)25(2)23-24-21-10-6-7-11-22(21)28-23/h3-11,18,20H,12-17H2,1-2H3. The van der Waals surface area contributed by atoms with Gasteiger partial charge in [0.15, 0.2) is 5.13 Å². The maximum absolute atomic E-state index is 6.05. The van der Waals surface area contributed by atoms with Gasteiger partial charge in [-0.25, -0.2) is 4.98 Å². The van der Waals surface area contributed by atoms with E-state index in [1.54, 1.807) is 11.3 Å². The molecule has 0 amide bonds. The predicted octanol–water partition coefficient (Wildman–Crippen LogP) is 4.80. The molecule has 2 aromatic carbocycles. The third-order valence-electron chi connectivity index (χ3n) is 5.58. The van der Waals surface area contributed by atoms with E-state index in [4.69, 9.17) is 9.72 Å². The van der Waals surface area contributed by atoms with Gasteiger partial charge in [0.25, 0.3) is 0 Å². The molecule has 1 fully saturated rings. The molecule has 28 heavy (non-hydrogen) atoms. The number of fused-ring (bicyclic) bond motifs is 1. The fraction of sp³-hybridized carbons (Fsp3) is 0.435. The van der Waals surface area contributed by atoms with Crippen molar-refractivity contribution in [1.82, 2.24) is 9.88 Å². The summed E-state index contributed by atoms with van der Waals surface area (Å²) in [5, 5.41) is 1.14. The van der Waals surface area contributed by atoms with Gasteiger partial charge in [-0.1, -0.05) is 53.8 Å². The van der Waals surface area contributed by atoms with Crippen molar-refractivity contribution in [2.45, 2.75) is 38.5 Å². The smallest absolute Gasteiger partial charge is 0.186 e. The van der Waals surface area contributed by atoms with Gasteiger partial charge in [-0.3, -0.25) is 0 Å². The second kappa shape index (κ2) is 9.03. The Balaban J connectivity index is 1.24. The molecule has 1 saturated heterocycles. The quantitative estimate of drug-likeness (QED) is 0.574. The molecule has 0 spiro atoms. The van der Waals surface area contributed by atoms with Gasteiger partial charge in [0.2, 0.25) is 0 Å². The third-order valence-corrected chi connectivity index (χ3v) is 6.71. The van der Waals surface area contributed by atoms with Crippen LogP contribution >= 0.6 is 11.3 Å². The van der Waals surface area contributed by atoms with Crippen LogP contribution in [0.4, 0.5) is 5.13 Å². The largest absolute Gasteiger partial charge is 0.373 e. The van der Waals surface area contributed by atoms with E-state index in [2.05, 4.69) is 72.3 Å². The molecule has 4 nitrogen and oxygen atoms in total. The summed E-state index contributed by atoms with van der Waals surface area (Å²) in [4.78, 5) is 9.75. The van der Waals surface area contributed by atoms with Crippen LogP contribution in [0.2, 0.25) is 0 Å². The third kappa shape index (κ3) is 4.72. The Hall–Kier alpha value is -1.95. The lowest BCUT2D eigenvalue weighted by atomic mass is 10.0. The van der Waals surface area contributed by atoms with E-state index in [1.165, 1.54) is 23.1 Å². The lowest BCUT2D eigenvalue weighted by Crippen LogP contribution is -2.45. The summed E-state index contributed by atoms with van der Waals surface area (Å²) < 4.78 is 7.32. The summed E-state index contributed by atoms with van der Waals surface area (Å²) in [5.74, 6) is 0. The van der Waals surface area contributed by atoms with E-state index < -0.39 is 0 Å². The number of thiazole rings is 1. The maximum Gasteiger partial charge on any atom is 0.186 e. The van der Waals surface area contributed by atoms with Gasteiger partial charge in [0, 0.05) is 32.7 Å². The fourth-order valence-electron chi connectivity index (χ4n) is 3.89. The fourth-order valence-corrected chi connectivity index (χ4v) is 4.88. The monoisotopic (exact) mass is 395 g/mol. The van der Waals surface area contributed by atoms with Crippen LogP contribution < -0.4 is 4.90 Å². The average Bonchev–Trinajstić information content (AvgIpc) is 3.17. The Labute approximate surface area is 171 Å². The Morgan fingerprint density at radius 3 is 2.57 bits per heavy atom. The second-order valence-electron chi connectivity index (χ2n) is 7.71. The minimum atomic E-state index is 0.249. The first-order chi connectivity index (χ1) is 13.7. The molecule has 1 unspecified atom stereocenters. The lowest BCUT2D eigenvalue weighted by Gasteiger charge is -2.37. The molecule has 2 heterocycles. The molecule has 0 aliphatic carbocycles. The molecular weight excluding hydrogens is 366 g/mol. The summed E-state index contributed by atoms with van der Waals surface area (Å²) in [6.45, 7) is 6.13. The number of aromatic nitrogens is 1. The first-order valence-electron chi connectivity index (χ1n) is 10.2. The van der Waals surface area contributed by atoms with Crippen molar-refractivity contribution in [3.63, 3.8) is 0 Å². The molecule has 0 N–H and O–H groups in total. The number of rotatable bonds is 7. The van der Waals surface area contributed by atoms with Crippen molar-refractivity contribution >= 4 is 26.7 Å². The minimum absolute atomic E-state index is 0.249. The van der Waals surface area contributed by atoms with Crippen LogP contribution in [0.3, 0.4) is 0 Å². The van der Waals surface area contributed by atoms with E-state index in [0.717, 1.165) is 30.3 Å². The van der Waals surface area contributed by atoms with Gasteiger partial charge in [-0.2, -0.15) is 0 Å². The van der Waals surface area contributed by atoms with Gasteiger partial charge in [-0.15, -0.1) is 0 Å². The van der Waals surface area contributed by atoms with Crippen LogP contribution in [-0.4, -0.2) is 48.7 Å². The normalized spacial score (nSPS) is 17.1. The number of hydrogen-bond donors (Lipinski definition) is 0. The number of ether oxygens (including phenoxy) is 1. The van der Waals surface area contributed by atoms with Gasteiger partial charge < -0.3 is 14.5 Å². The van der Waals surface area contributed by atoms with Crippen molar-refractivity contribution in [1.29, 1.82) is 0 Å². The Morgan fingerprint density at radius 2 is 1.82 bits per heavy atom. The number of piperidine rings is 1. The predicted molar refractivity (Wildman–Crippen MR) is 118 cm³/mol. The summed E-state index contributed by atoms with van der Waals surface area (Å²) in [6.07, 6.45) is 2.61. The molecule has 1 aromatic heterocycles. The van der Waals surface area contributed by atoms with Crippen molar-refractivity contribution < 1.29 is 4.74 Å². The molecule has 1 aliphatic heterocycles. The molecule has 0 saturated carbocycles. The zero-order valence-corrected chi connectivity index (χ0v) is 17.6. The molecule has 0 bridgehead atoms. The van der Waals surface area contributed by atoms with E-state index in [9.17, 15) is 0 Å².